The Labute approximate surface area is 122 Å². The molecule has 1 heterocycles. The number of rotatable bonds is 4. The third kappa shape index (κ3) is 3.38. The monoisotopic (exact) mass is 287 g/mol. The third-order valence-corrected chi connectivity index (χ3v) is 3.03. The maximum atomic E-state index is 12.2. The minimum Gasteiger partial charge on any atom is -0.409 e. The molecule has 0 fully saturated rings. The van der Waals surface area contributed by atoms with E-state index < -0.39 is 0 Å². The van der Waals surface area contributed by atoms with Crippen molar-refractivity contribution >= 4 is 11.7 Å². The van der Waals surface area contributed by atoms with Crippen LogP contribution in [-0.2, 0) is 13.6 Å². The number of oxime groups is 1. The lowest BCUT2D eigenvalue weighted by atomic mass is 10.1. The van der Waals surface area contributed by atoms with Gasteiger partial charge in [0.1, 0.15) is 5.69 Å². The van der Waals surface area contributed by atoms with Crippen molar-refractivity contribution in [2.75, 3.05) is 7.05 Å². The largest absolute Gasteiger partial charge is 0.409 e. The molecule has 0 unspecified atom stereocenters. The molecule has 1 aromatic heterocycles. The van der Waals surface area contributed by atoms with Crippen LogP contribution in [0.3, 0.4) is 0 Å². The van der Waals surface area contributed by atoms with E-state index in [2.05, 4.69) is 10.3 Å². The van der Waals surface area contributed by atoms with Gasteiger partial charge in [0.25, 0.3) is 5.91 Å². The first-order valence-electron chi connectivity index (χ1n) is 6.33. The maximum Gasteiger partial charge on any atom is 0.274 e. The number of aryl methyl sites for hydroxylation is 1. The Bertz CT molecular complexity index is 678. The molecule has 0 spiro atoms. The third-order valence-electron chi connectivity index (χ3n) is 3.03. The Hall–Kier alpha value is -2.83. The fourth-order valence-electron chi connectivity index (χ4n) is 1.96. The van der Waals surface area contributed by atoms with Crippen LogP contribution in [0.4, 0.5) is 0 Å². The van der Waals surface area contributed by atoms with Gasteiger partial charge in [0.15, 0.2) is 5.84 Å². The minimum absolute atomic E-state index is 0.0376. The van der Waals surface area contributed by atoms with Gasteiger partial charge >= 0.3 is 0 Å². The smallest absolute Gasteiger partial charge is 0.274 e. The SMILES string of the molecule is CN(Cc1cccc(/C(N)=N/O)c1)C(=O)c1ccn(C)n1. The van der Waals surface area contributed by atoms with Crippen LogP contribution in [0.15, 0.2) is 41.7 Å². The number of carbonyl (C=O) groups is 1. The van der Waals surface area contributed by atoms with E-state index in [1.165, 1.54) is 0 Å². The summed E-state index contributed by atoms with van der Waals surface area (Å²) >= 11 is 0. The van der Waals surface area contributed by atoms with Crippen LogP contribution in [0.5, 0.6) is 0 Å². The van der Waals surface area contributed by atoms with Gasteiger partial charge in [-0.05, 0) is 17.7 Å². The molecule has 7 heteroatoms. The molecule has 7 nitrogen and oxygen atoms in total. The van der Waals surface area contributed by atoms with Gasteiger partial charge in [-0.25, -0.2) is 0 Å². The standard InChI is InChI=1S/C14H17N5O2/c1-18(14(20)12-6-7-19(2)16-12)9-10-4-3-5-11(8-10)13(15)17-21/h3-8,21H,9H2,1-2H3,(H2,15,17). The molecule has 2 aromatic rings. The van der Waals surface area contributed by atoms with Gasteiger partial charge in [-0.1, -0.05) is 23.4 Å². The molecule has 0 bridgehead atoms. The number of amidine groups is 1. The van der Waals surface area contributed by atoms with Gasteiger partial charge in [0, 0.05) is 32.4 Å². The van der Waals surface area contributed by atoms with Gasteiger partial charge in [0.05, 0.1) is 0 Å². The fourth-order valence-corrected chi connectivity index (χ4v) is 1.96. The topological polar surface area (TPSA) is 96.7 Å². The molecule has 0 aliphatic rings. The second kappa shape index (κ2) is 6.08. The Morgan fingerprint density at radius 2 is 2.24 bits per heavy atom. The molecule has 1 amide bonds. The summed E-state index contributed by atoms with van der Waals surface area (Å²) in [5.74, 6) is -0.125. The van der Waals surface area contributed by atoms with Crippen molar-refractivity contribution in [2.45, 2.75) is 6.54 Å². The van der Waals surface area contributed by atoms with Crippen molar-refractivity contribution < 1.29 is 10.0 Å². The molecule has 0 saturated carbocycles. The van der Waals surface area contributed by atoms with Crippen molar-refractivity contribution in [3.63, 3.8) is 0 Å². The van der Waals surface area contributed by atoms with Gasteiger partial charge in [0.2, 0.25) is 0 Å². The summed E-state index contributed by atoms with van der Waals surface area (Å²) in [6.07, 6.45) is 1.72. The lowest BCUT2D eigenvalue weighted by Gasteiger charge is -2.16. The van der Waals surface area contributed by atoms with E-state index in [1.54, 1.807) is 54.1 Å². The Kier molecular flexibility index (Phi) is 4.22. The van der Waals surface area contributed by atoms with Crippen molar-refractivity contribution in [2.24, 2.45) is 17.9 Å². The van der Waals surface area contributed by atoms with Crippen LogP contribution in [0.2, 0.25) is 0 Å². The highest BCUT2D eigenvalue weighted by Crippen LogP contribution is 2.09. The molecule has 0 radical (unpaired) electrons. The van der Waals surface area contributed by atoms with Crippen molar-refractivity contribution in [1.29, 1.82) is 0 Å². The van der Waals surface area contributed by atoms with Gasteiger partial charge < -0.3 is 15.8 Å². The summed E-state index contributed by atoms with van der Waals surface area (Å²) < 4.78 is 1.58. The van der Waals surface area contributed by atoms with Crippen molar-refractivity contribution in [3.05, 3.63) is 53.3 Å². The van der Waals surface area contributed by atoms with Crippen LogP contribution in [-0.4, -0.2) is 38.7 Å². The average Bonchev–Trinajstić information content (AvgIpc) is 2.92. The molecule has 3 N–H and O–H groups in total. The van der Waals surface area contributed by atoms with E-state index in [0.717, 1.165) is 5.56 Å². The molecular weight excluding hydrogens is 270 g/mol. The molecule has 1 aromatic carbocycles. The normalized spacial score (nSPS) is 11.4. The first-order valence-corrected chi connectivity index (χ1v) is 6.33. The summed E-state index contributed by atoms with van der Waals surface area (Å²) in [4.78, 5) is 13.8. The second-order valence-corrected chi connectivity index (χ2v) is 4.72. The van der Waals surface area contributed by atoms with Gasteiger partial charge in [-0.2, -0.15) is 5.10 Å². The Morgan fingerprint density at radius 3 is 2.86 bits per heavy atom. The summed E-state index contributed by atoms with van der Waals surface area (Å²) in [5.41, 5.74) is 7.44. The quantitative estimate of drug-likeness (QED) is 0.376. The summed E-state index contributed by atoms with van der Waals surface area (Å²) in [6, 6.07) is 8.85. The summed E-state index contributed by atoms with van der Waals surface area (Å²) in [5, 5.41) is 15.7. The number of hydrogen-bond donors (Lipinski definition) is 2. The number of nitrogens with two attached hydrogens (primary N) is 1. The number of benzene rings is 1. The van der Waals surface area contributed by atoms with E-state index in [4.69, 9.17) is 10.9 Å². The zero-order chi connectivity index (χ0) is 15.4. The maximum absolute atomic E-state index is 12.2. The molecule has 21 heavy (non-hydrogen) atoms. The molecule has 0 saturated heterocycles. The van der Waals surface area contributed by atoms with Crippen LogP contribution in [0.25, 0.3) is 0 Å². The van der Waals surface area contributed by atoms with E-state index in [-0.39, 0.29) is 11.7 Å². The number of carbonyl (C=O) groups excluding carboxylic acids is 1. The predicted molar refractivity (Wildman–Crippen MR) is 78.0 cm³/mol. The molecule has 0 atom stereocenters. The predicted octanol–water partition coefficient (Wildman–Crippen LogP) is 0.787. The van der Waals surface area contributed by atoms with Gasteiger partial charge in [-0.3, -0.25) is 9.48 Å². The van der Waals surface area contributed by atoms with E-state index in [0.29, 0.717) is 17.8 Å². The molecular formula is C14H17N5O2. The summed E-state index contributed by atoms with van der Waals surface area (Å²) in [7, 11) is 3.46. The van der Waals surface area contributed by atoms with Crippen LogP contribution >= 0.6 is 0 Å². The lowest BCUT2D eigenvalue weighted by Crippen LogP contribution is -2.27. The molecule has 110 valence electrons. The molecule has 2 rings (SSSR count). The summed E-state index contributed by atoms with van der Waals surface area (Å²) in [6.45, 7) is 0.405. The first-order chi connectivity index (χ1) is 10.0. The average molecular weight is 287 g/mol. The highest BCUT2D eigenvalue weighted by Gasteiger charge is 2.14. The first kappa shape index (κ1) is 14.6. The minimum atomic E-state index is -0.162. The van der Waals surface area contributed by atoms with Crippen LogP contribution < -0.4 is 5.73 Å². The molecule has 0 aliphatic heterocycles. The second-order valence-electron chi connectivity index (χ2n) is 4.72. The Morgan fingerprint density at radius 1 is 1.48 bits per heavy atom. The van der Waals surface area contributed by atoms with E-state index >= 15 is 0 Å². The van der Waals surface area contributed by atoms with Crippen molar-refractivity contribution in [3.8, 4) is 0 Å². The van der Waals surface area contributed by atoms with Crippen LogP contribution in [0, 0.1) is 0 Å². The number of amides is 1. The number of aromatic nitrogens is 2. The Balaban J connectivity index is 2.12. The van der Waals surface area contributed by atoms with Crippen LogP contribution in [0.1, 0.15) is 21.6 Å². The fraction of sp³-hybridized carbons (Fsp3) is 0.214. The van der Waals surface area contributed by atoms with Gasteiger partial charge in [-0.15, -0.1) is 0 Å². The number of nitrogens with zero attached hydrogens (tertiary/aromatic N) is 4. The highest BCUT2D eigenvalue weighted by molar-refractivity contribution is 5.97. The van der Waals surface area contributed by atoms with E-state index in [1.807, 2.05) is 6.07 Å². The zero-order valence-corrected chi connectivity index (χ0v) is 11.9. The number of hydrogen-bond acceptors (Lipinski definition) is 4. The lowest BCUT2D eigenvalue weighted by molar-refractivity contribution is 0.0778. The van der Waals surface area contributed by atoms with E-state index in [9.17, 15) is 4.79 Å². The van der Waals surface area contributed by atoms with Crippen molar-refractivity contribution in [1.82, 2.24) is 14.7 Å². The highest BCUT2D eigenvalue weighted by atomic mass is 16.4. The molecule has 0 aliphatic carbocycles. The zero-order valence-electron chi connectivity index (χ0n) is 11.9.